The van der Waals surface area contributed by atoms with Crippen LogP contribution in [0.4, 0.5) is 0 Å². The van der Waals surface area contributed by atoms with Gasteiger partial charge in [0, 0.05) is 25.7 Å². The Kier molecular flexibility index (Phi) is 68.7. The molecule has 19 heteroatoms. The van der Waals surface area contributed by atoms with E-state index in [1.165, 1.54) is 212 Å². The van der Waals surface area contributed by atoms with Gasteiger partial charge in [0.2, 0.25) is 0 Å². The molecule has 0 spiro atoms. The fourth-order valence-corrected chi connectivity index (χ4v) is 13.9. The molecule has 4 unspecified atom stereocenters. The number of rotatable bonds is 78. The van der Waals surface area contributed by atoms with Crippen LogP contribution in [0, 0.1) is 23.7 Å². The number of phosphoric ester groups is 2. The van der Waals surface area contributed by atoms with Crippen LogP contribution in [0.15, 0.2) is 0 Å². The van der Waals surface area contributed by atoms with E-state index >= 15 is 0 Å². The van der Waals surface area contributed by atoms with Crippen molar-refractivity contribution in [2.24, 2.45) is 23.7 Å². The van der Waals surface area contributed by atoms with Gasteiger partial charge >= 0.3 is 39.5 Å². The lowest BCUT2D eigenvalue weighted by molar-refractivity contribution is -0.161. The first-order valence-electron chi connectivity index (χ1n) is 41.8. The lowest BCUT2D eigenvalue weighted by Gasteiger charge is -2.21. The molecule has 7 atom stereocenters. The number of hydrogen-bond donors (Lipinski definition) is 3. The third-order valence-corrected chi connectivity index (χ3v) is 21.4. The maximum atomic E-state index is 13.1. The van der Waals surface area contributed by atoms with Crippen LogP contribution in [0.1, 0.15) is 415 Å². The first kappa shape index (κ1) is 98.1. The highest BCUT2D eigenvalue weighted by Crippen LogP contribution is 2.45. The monoisotopic (exact) mass is 1470 g/mol. The normalized spacial score (nSPS) is 14.6. The average Bonchev–Trinajstić information content (AvgIpc) is 0.969. The van der Waals surface area contributed by atoms with E-state index in [1.54, 1.807) is 0 Å². The van der Waals surface area contributed by atoms with Crippen LogP contribution < -0.4 is 0 Å². The van der Waals surface area contributed by atoms with Crippen molar-refractivity contribution >= 4 is 39.5 Å². The maximum Gasteiger partial charge on any atom is 0.472 e. The Hall–Kier alpha value is -1.94. The summed E-state index contributed by atoms with van der Waals surface area (Å²) in [6.45, 7) is 14.2. The molecule has 0 heterocycles. The van der Waals surface area contributed by atoms with Gasteiger partial charge in [0.05, 0.1) is 26.4 Å². The summed E-state index contributed by atoms with van der Waals surface area (Å²) in [6, 6.07) is 0. The molecule has 100 heavy (non-hydrogen) atoms. The van der Waals surface area contributed by atoms with Gasteiger partial charge < -0.3 is 33.8 Å². The number of carbonyl (C=O) groups excluding carboxylic acids is 4. The molecular formula is C81H158O17P2. The number of aliphatic hydroxyl groups is 1. The van der Waals surface area contributed by atoms with Crippen LogP contribution in [0.25, 0.3) is 0 Å². The largest absolute Gasteiger partial charge is 0.472 e. The molecule has 0 fully saturated rings. The van der Waals surface area contributed by atoms with Gasteiger partial charge in [-0.3, -0.25) is 37.3 Å². The fraction of sp³-hybridized carbons (Fsp3) is 0.951. The SMILES string of the molecule is CCC(C)CCCCCCCCCCCCCCCCC(=O)O[C@H](COC(=O)CCCCCCCCCCCCCCCCCCCCC(C)C)COP(=O)(O)OC[C@@H](O)COP(=O)(O)OC[C@@H](COC(=O)CCCCCCCCC(C)CC)OC(=O)CCCCCCCCCCC(C)C. The highest BCUT2D eigenvalue weighted by molar-refractivity contribution is 7.47. The van der Waals surface area contributed by atoms with E-state index in [0.29, 0.717) is 25.7 Å². The summed E-state index contributed by atoms with van der Waals surface area (Å²) in [5.74, 6) is 1.00. The lowest BCUT2D eigenvalue weighted by atomic mass is 9.99. The molecule has 0 radical (unpaired) electrons. The lowest BCUT2D eigenvalue weighted by Crippen LogP contribution is -2.30. The second-order valence-corrected chi connectivity index (χ2v) is 33.5. The van der Waals surface area contributed by atoms with Crippen molar-refractivity contribution in [1.29, 1.82) is 0 Å². The molecule has 0 aromatic rings. The van der Waals surface area contributed by atoms with E-state index in [2.05, 4.69) is 55.4 Å². The molecule has 0 saturated heterocycles. The summed E-state index contributed by atoms with van der Waals surface area (Å²) in [5.41, 5.74) is 0. The molecule has 0 aromatic heterocycles. The van der Waals surface area contributed by atoms with Crippen molar-refractivity contribution < 1.29 is 80.2 Å². The van der Waals surface area contributed by atoms with Crippen LogP contribution >= 0.6 is 15.6 Å². The van der Waals surface area contributed by atoms with E-state index in [0.717, 1.165) is 120 Å². The van der Waals surface area contributed by atoms with Crippen LogP contribution in [0.3, 0.4) is 0 Å². The first-order valence-corrected chi connectivity index (χ1v) is 44.8. The fourth-order valence-electron chi connectivity index (χ4n) is 12.4. The molecule has 0 aliphatic rings. The summed E-state index contributed by atoms with van der Waals surface area (Å²) >= 11 is 0. The Bertz CT molecular complexity index is 1960. The number of aliphatic hydroxyl groups excluding tert-OH is 1. The number of carbonyl (C=O) groups is 4. The second kappa shape index (κ2) is 70.1. The highest BCUT2D eigenvalue weighted by atomic mass is 31.2. The number of hydrogen-bond acceptors (Lipinski definition) is 15. The van der Waals surface area contributed by atoms with Crippen LogP contribution in [0.2, 0.25) is 0 Å². The Balaban J connectivity index is 5.21. The minimum Gasteiger partial charge on any atom is -0.462 e. The average molecular weight is 1470 g/mol. The summed E-state index contributed by atoms with van der Waals surface area (Å²) in [4.78, 5) is 73.0. The standard InChI is InChI=1S/C81H158O17P2/c1-9-73(7)59-51-43-35-28-24-20-17-18-22-26-30-37-47-55-63-80(85)97-76(67-91-78(83)61-53-45-36-29-25-21-16-14-12-11-13-15-19-23-27-33-41-49-57-71(3)4)69-95-99(87,88)93-65-75(82)66-94-100(89,90)96-70-77(68-92-79(84)62-54-46-40-39-44-52-60-74(8)10-2)98-81(86)64-56-48-38-32-31-34-42-50-58-72(5)6/h71-77,82H,9-70H2,1-8H3,(H,87,88)(H,89,90)/t73?,74?,75-,76-,77-/m1/s1. The molecule has 0 bridgehead atoms. The Morgan fingerprint density at radius 2 is 0.480 bits per heavy atom. The van der Waals surface area contributed by atoms with E-state index in [4.69, 9.17) is 37.0 Å². The third kappa shape index (κ3) is 71.7. The molecule has 0 rings (SSSR count). The minimum atomic E-state index is -4.96. The Labute approximate surface area is 613 Å². The molecule has 0 aliphatic carbocycles. The van der Waals surface area contributed by atoms with Gasteiger partial charge in [-0.25, -0.2) is 9.13 Å². The van der Waals surface area contributed by atoms with Crippen molar-refractivity contribution in [2.75, 3.05) is 39.6 Å². The Morgan fingerprint density at radius 1 is 0.280 bits per heavy atom. The Morgan fingerprint density at radius 3 is 0.710 bits per heavy atom. The summed E-state index contributed by atoms with van der Waals surface area (Å²) in [6.07, 6.45) is 57.0. The smallest absolute Gasteiger partial charge is 0.462 e. The third-order valence-electron chi connectivity index (χ3n) is 19.5. The molecule has 17 nitrogen and oxygen atoms in total. The van der Waals surface area contributed by atoms with Gasteiger partial charge in [-0.15, -0.1) is 0 Å². The van der Waals surface area contributed by atoms with Crippen LogP contribution in [-0.2, 0) is 65.4 Å². The van der Waals surface area contributed by atoms with Crippen molar-refractivity contribution in [1.82, 2.24) is 0 Å². The van der Waals surface area contributed by atoms with E-state index in [9.17, 15) is 43.2 Å². The highest BCUT2D eigenvalue weighted by Gasteiger charge is 2.30. The van der Waals surface area contributed by atoms with Gasteiger partial charge in [0.25, 0.3) is 0 Å². The quantitative estimate of drug-likeness (QED) is 0.0222. The van der Waals surface area contributed by atoms with Crippen molar-refractivity contribution in [3.63, 3.8) is 0 Å². The van der Waals surface area contributed by atoms with E-state index < -0.39 is 97.5 Å². The predicted octanol–water partition coefficient (Wildman–Crippen LogP) is 24.0. The second-order valence-electron chi connectivity index (χ2n) is 30.6. The zero-order valence-electron chi connectivity index (χ0n) is 65.8. The zero-order valence-corrected chi connectivity index (χ0v) is 67.6. The molecule has 0 aliphatic heterocycles. The van der Waals surface area contributed by atoms with Crippen molar-refractivity contribution in [2.45, 2.75) is 433 Å². The summed E-state index contributed by atoms with van der Waals surface area (Å²) < 4.78 is 68.6. The molecule has 0 saturated carbocycles. The van der Waals surface area contributed by atoms with Crippen molar-refractivity contribution in [3.8, 4) is 0 Å². The molecule has 3 N–H and O–H groups in total. The topological polar surface area (TPSA) is 237 Å². The molecule has 0 amide bonds. The van der Waals surface area contributed by atoms with Gasteiger partial charge in [-0.05, 0) is 49.4 Å². The molecule has 0 aromatic carbocycles. The number of ether oxygens (including phenoxy) is 4. The summed E-state index contributed by atoms with van der Waals surface area (Å²) in [7, 11) is -9.92. The van der Waals surface area contributed by atoms with E-state index in [1.807, 2.05) is 0 Å². The van der Waals surface area contributed by atoms with E-state index in [-0.39, 0.29) is 25.7 Å². The first-order chi connectivity index (χ1) is 48.2. The van der Waals surface area contributed by atoms with Crippen LogP contribution in [0.5, 0.6) is 0 Å². The van der Waals surface area contributed by atoms with Gasteiger partial charge in [-0.2, -0.15) is 0 Å². The molecule has 594 valence electrons. The predicted molar refractivity (Wildman–Crippen MR) is 409 cm³/mol. The minimum absolute atomic E-state index is 0.103. The zero-order chi connectivity index (χ0) is 73.8. The number of phosphoric acid groups is 2. The van der Waals surface area contributed by atoms with Gasteiger partial charge in [-0.1, -0.05) is 364 Å². The van der Waals surface area contributed by atoms with Crippen molar-refractivity contribution in [3.05, 3.63) is 0 Å². The number of esters is 4. The van der Waals surface area contributed by atoms with Crippen LogP contribution in [-0.4, -0.2) is 96.7 Å². The maximum absolute atomic E-state index is 13.1. The van der Waals surface area contributed by atoms with Gasteiger partial charge in [0.1, 0.15) is 19.3 Å². The summed E-state index contributed by atoms with van der Waals surface area (Å²) in [5, 5.41) is 10.6. The number of unbranched alkanes of at least 4 members (excludes halogenated alkanes) is 42. The molecular weight excluding hydrogens is 1310 g/mol. The van der Waals surface area contributed by atoms with Gasteiger partial charge in [0.15, 0.2) is 12.2 Å².